The van der Waals surface area contributed by atoms with Crippen LogP contribution < -0.4 is 0 Å². The van der Waals surface area contributed by atoms with Crippen molar-refractivity contribution in [1.29, 1.82) is 0 Å². The number of halogens is 2. The lowest BCUT2D eigenvalue weighted by atomic mass is 9.91. The van der Waals surface area contributed by atoms with Crippen molar-refractivity contribution in [3.8, 4) is 11.1 Å². The first-order chi connectivity index (χ1) is 12.8. The maximum absolute atomic E-state index is 12.0. The lowest BCUT2D eigenvalue weighted by Crippen LogP contribution is -2.21. The van der Waals surface area contributed by atoms with Gasteiger partial charge in [0.2, 0.25) is 0 Å². The van der Waals surface area contributed by atoms with Gasteiger partial charge in [0, 0.05) is 26.1 Å². The average Bonchev–Trinajstić information content (AvgIpc) is 2.60. The van der Waals surface area contributed by atoms with Crippen molar-refractivity contribution < 1.29 is 14.6 Å². The van der Waals surface area contributed by atoms with Crippen LogP contribution >= 0.6 is 27.5 Å². The Hall–Kier alpha value is -1.95. The molecule has 3 aromatic rings. The zero-order valence-electron chi connectivity index (χ0n) is 15.2. The number of nitrogens with zero attached hydrogens (tertiary/aromatic N) is 1. The molecule has 0 saturated carbocycles. The summed E-state index contributed by atoms with van der Waals surface area (Å²) in [5.74, 6) is -1.04. The van der Waals surface area contributed by atoms with Gasteiger partial charge in [-0.1, -0.05) is 39.7 Å². The highest BCUT2D eigenvalue weighted by molar-refractivity contribution is 9.10. The van der Waals surface area contributed by atoms with E-state index in [1.165, 1.54) is 0 Å². The SMILES string of the molecule is Cc1nc2ccc(Br)cc2c(-c2ccc(Cl)cc2)c1[C@H](OC(C)C)C(=O)O. The second-order valence-electron chi connectivity index (χ2n) is 6.56. The fraction of sp³-hybridized carbons (Fsp3) is 0.238. The van der Waals surface area contributed by atoms with Crippen LogP contribution in [-0.2, 0) is 9.53 Å². The van der Waals surface area contributed by atoms with Crippen LogP contribution in [-0.4, -0.2) is 22.2 Å². The van der Waals surface area contributed by atoms with E-state index in [-0.39, 0.29) is 6.10 Å². The Bertz CT molecular complexity index is 1000. The lowest BCUT2D eigenvalue weighted by molar-refractivity contribution is -0.153. The maximum atomic E-state index is 12.0. The fourth-order valence-corrected chi connectivity index (χ4v) is 3.63. The second kappa shape index (κ2) is 7.97. The summed E-state index contributed by atoms with van der Waals surface area (Å²) in [5.41, 5.74) is 3.63. The summed E-state index contributed by atoms with van der Waals surface area (Å²) in [6.07, 6.45) is -1.37. The number of carboxylic acid groups (broad SMARTS) is 1. The maximum Gasteiger partial charge on any atom is 0.337 e. The number of rotatable bonds is 5. The molecular weight excluding hydrogens is 430 g/mol. The Morgan fingerprint density at radius 1 is 1.19 bits per heavy atom. The van der Waals surface area contributed by atoms with Crippen molar-refractivity contribution >= 4 is 44.4 Å². The standard InChI is InChI=1S/C21H19BrClNO3/c1-11(2)27-20(21(25)26)18-12(3)24-17-9-6-14(22)10-16(17)19(18)13-4-7-15(23)8-5-13/h4-11,20H,1-3H3,(H,25,26)/t20-/m0/s1. The zero-order valence-corrected chi connectivity index (χ0v) is 17.5. The molecule has 0 bridgehead atoms. The van der Waals surface area contributed by atoms with Crippen molar-refractivity contribution in [2.24, 2.45) is 0 Å². The summed E-state index contributed by atoms with van der Waals surface area (Å²) in [4.78, 5) is 16.7. The first-order valence-electron chi connectivity index (χ1n) is 8.52. The van der Waals surface area contributed by atoms with Crippen molar-refractivity contribution in [2.45, 2.75) is 33.0 Å². The fourth-order valence-electron chi connectivity index (χ4n) is 3.14. The number of pyridine rings is 1. The summed E-state index contributed by atoms with van der Waals surface area (Å²) in [5, 5.41) is 11.3. The molecule has 0 fully saturated rings. The molecule has 140 valence electrons. The van der Waals surface area contributed by atoms with Gasteiger partial charge in [0.15, 0.2) is 6.10 Å². The predicted molar refractivity (Wildman–Crippen MR) is 111 cm³/mol. The summed E-state index contributed by atoms with van der Waals surface area (Å²) in [6.45, 7) is 5.45. The van der Waals surface area contributed by atoms with Gasteiger partial charge in [0.1, 0.15) is 0 Å². The van der Waals surface area contributed by atoms with E-state index in [0.717, 1.165) is 26.5 Å². The van der Waals surface area contributed by atoms with Gasteiger partial charge in [-0.05, 0) is 62.2 Å². The molecule has 0 unspecified atom stereocenters. The van der Waals surface area contributed by atoms with E-state index < -0.39 is 12.1 Å². The van der Waals surface area contributed by atoms with Crippen LogP contribution in [0.3, 0.4) is 0 Å². The molecular formula is C21H19BrClNO3. The summed E-state index contributed by atoms with van der Waals surface area (Å²) in [6, 6.07) is 13.1. The summed E-state index contributed by atoms with van der Waals surface area (Å²) in [7, 11) is 0. The molecule has 0 aliphatic heterocycles. The topological polar surface area (TPSA) is 59.4 Å². The van der Waals surface area contributed by atoms with Gasteiger partial charge in [-0.2, -0.15) is 0 Å². The number of fused-ring (bicyclic) bond motifs is 1. The third kappa shape index (κ3) is 4.15. The van der Waals surface area contributed by atoms with Crippen LogP contribution in [0, 0.1) is 6.92 Å². The molecule has 6 heteroatoms. The van der Waals surface area contributed by atoms with E-state index in [1.54, 1.807) is 12.1 Å². The largest absolute Gasteiger partial charge is 0.479 e. The number of aliphatic carboxylic acids is 1. The van der Waals surface area contributed by atoms with Gasteiger partial charge in [-0.25, -0.2) is 4.79 Å². The summed E-state index contributed by atoms with van der Waals surface area (Å²) < 4.78 is 6.65. The molecule has 0 aliphatic carbocycles. The van der Waals surface area contributed by atoms with Crippen LogP contribution in [0.2, 0.25) is 5.02 Å². The van der Waals surface area contributed by atoms with E-state index in [1.807, 2.05) is 51.1 Å². The smallest absolute Gasteiger partial charge is 0.337 e. The second-order valence-corrected chi connectivity index (χ2v) is 7.91. The van der Waals surface area contributed by atoms with Gasteiger partial charge in [0.05, 0.1) is 11.6 Å². The monoisotopic (exact) mass is 447 g/mol. The minimum atomic E-state index is -1.12. The van der Waals surface area contributed by atoms with E-state index >= 15 is 0 Å². The van der Waals surface area contributed by atoms with Crippen LogP contribution in [0.15, 0.2) is 46.9 Å². The molecule has 3 rings (SSSR count). The molecule has 1 heterocycles. The normalized spacial score (nSPS) is 12.5. The van der Waals surface area contributed by atoms with E-state index in [9.17, 15) is 9.90 Å². The highest BCUT2D eigenvalue weighted by Gasteiger charge is 2.29. The molecule has 0 aliphatic rings. The Kier molecular flexibility index (Phi) is 5.84. The predicted octanol–water partition coefficient (Wildman–Crippen LogP) is 6.18. The first-order valence-corrected chi connectivity index (χ1v) is 9.69. The van der Waals surface area contributed by atoms with Crippen LogP contribution in [0.4, 0.5) is 0 Å². The Labute approximate surface area is 171 Å². The number of aryl methyl sites for hydroxylation is 1. The number of carboxylic acids is 1. The molecule has 0 radical (unpaired) electrons. The van der Waals surface area contributed by atoms with Crippen LogP contribution in [0.1, 0.15) is 31.2 Å². The molecule has 1 aromatic heterocycles. The molecule has 1 atom stereocenters. The van der Waals surface area contributed by atoms with Gasteiger partial charge in [-0.15, -0.1) is 0 Å². The van der Waals surface area contributed by atoms with Crippen LogP contribution in [0.5, 0.6) is 0 Å². The first kappa shape index (κ1) is 19.8. The third-order valence-electron chi connectivity index (χ3n) is 4.20. The Morgan fingerprint density at radius 2 is 1.85 bits per heavy atom. The molecule has 4 nitrogen and oxygen atoms in total. The molecule has 27 heavy (non-hydrogen) atoms. The number of benzene rings is 2. The zero-order chi connectivity index (χ0) is 19.7. The minimum Gasteiger partial charge on any atom is -0.479 e. The number of hydrogen-bond donors (Lipinski definition) is 1. The number of aromatic nitrogens is 1. The quantitative estimate of drug-likeness (QED) is 0.506. The van der Waals surface area contributed by atoms with Gasteiger partial charge in [-0.3, -0.25) is 4.98 Å². The lowest BCUT2D eigenvalue weighted by Gasteiger charge is -2.23. The third-order valence-corrected chi connectivity index (χ3v) is 4.95. The van der Waals surface area contributed by atoms with Gasteiger partial charge in [0.25, 0.3) is 0 Å². The Balaban J connectivity index is 2.40. The number of carbonyl (C=O) groups is 1. The molecule has 0 saturated heterocycles. The van der Waals surface area contributed by atoms with Crippen molar-refractivity contribution in [2.75, 3.05) is 0 Å². The number of ether oxygens (including phenoxy) is 1. The van der Waals surface area contributed by atoms with E-state index in [4.69, 9.17) is 16.3 Å². The minimum absolute atomic E-state index is 0.248. The molecule has 2 aromatic carbocycles. The number of hydrogen-bond acceptors (Lipinski definition) is 3. The van der Waals surface area contributed by atoms with Crippen molar-refractivity contribution in [3.05, 3.63) is 63.2 Å². The van der Waals surface area contributed by atoms with Gasteiger partial charge < -0.3 is 9.84 Å². The van der Waals surface area contributed by atoms with E-state index in [0.29, 0.717) is 16.3 Å². The van der Waals surface area contributed by atoms with Crippen molar-refractivity contribution in [1.82, 2.24) is 4.98 Å². The highest BCUT2D eigenvalue weighted by atomic mass is 79.9. The average molecular weight is 449 g/mol. The highest BCUT2D eigenvalue weighted by Crippen LogP contribution is 2.39. The summed E-state index contributed by atoms with van der Waals surface area (Å²) >= 11 is 9.56. The molecule has 0 amide bonds. The molecule has 1 N–H and O–H groups in total. The Morgan fingerprint density at radius 3 is 2.44 bits per heavy atom. The van der Waals surface area contributed by atoms with Crippen LogP contribution in [0.25, 0.3) is 22.0 Å². The molecule has 0 spiro atoms. The van der Waals surface area contributed by atoms with Crippen molar-refractivity contribution in [3.63, 3.8) is 0 Å². The van der Waals surface area contributed by atoms with Gasteiger partial charge >= 0.3 is 5.97 Å². The van der Waals surface area contributed by atoms with E-state index in [2.05, 4.69) is 20.9 Å².